The summed E-state index contributed by atoms with van der Waals surface area (Å²) in [6, 6.07) is 9.27. The normalized spacial score (nSPS) is 25.5. The zero-order chi connectivity index (χ0) is 24.3. The Bertz CT molecular complexity index is 1060. The van der Waals surface area contributed by atoms with E-state index >= 15 is 0 Å². The van der Waals surface area contributed by atoms with Crippen LogP contribution in [0.5, 0.6) is 11.5 Å². The van der Waals surface area contributed by atoms with E-state index < -0.39 is 28.8 Å². The topological polar surface area (TPSA) is 96.9 Å². The molecule has 2 aromatic rings. The first-order valence-electron chi connectivity index (χ1n) is 11.0. The highest BCUT2D eigenvalue weighted by Gasteiger charge is 2.55. The Hall–Kier alpha value is -2.91. The van der Waals surface area contributed by atoms with Crippen molar-refractivity contribution in [2.45, 2.75) is 49.3 Å². The van der Waals surface area contributed by atoms with Crippen LogP contribution < -0.4 is 20.1 Å². The van der Waals surface area contributed by atoms with Crippen LogP contribution in [-0.4, -0.2) is 47.3 Å². The van der Waals surface area contributed by atoms with Crippen molar-refractivity contribution in [3.05, 3.63) is 59.1 Å². The number of halogens is 3. The number of rotatable bonds is 8. The largest absolute Gasteiger partial charge is 0.484 e. The smallest absolute Gasteiger partial charge is 0.258 e. The average Bonchev–Trinajstić information content (AvgIpc) is 2.81. The first kappa shape index (κ1) is 24.2. The molecule has 3 aliphatic carbocycles. The minimum atomic E-state index is -0.851. The molecule has 1 atom stereocenters. The Balaban J connectivity index is 1.27. The molecule has 0 aromatic heterocycles. The van der Waals surface area contributed by atoms with Gasteiger partial charge in [0.1, 0.15) is 23.1 Å². The van der Waals surface area contributed by atoms with Gasteiger partial charge in [0.05, 0.1) is 16.7 Å². The Morgan fingerprint density at radius 3 is 2.15 bits per heavy atom. The lowest BCUT2D eigenvalue weighted by Crippen LogP contribution is -2.70. The summed E-state index contributed by atoms with van der Waals surface area (Å²) in [5, 5.41) is 16.7. The maximum atomic E-state index is 13.5. The minimum absolute atomic E-state index is 0.0355. The number of fused-ring (bicyclic) bond motifs is 3. The number of carbonyl (C=O) groups is 2. The van der Waals surface area contributed by atoms with Gasteiger partial charge < -0.3 is 25.2 Å². The van der Waals surface area contributed by atoms with Crippen LogP contribution in [0.2, 0.25) is 5.02 Å². The fourth-order valence-corrected chi connectivity index (χ4v) is 4.82. The summed E-state index contributed by atoms with van der Waals surface area (Å²) in [7, 11) is 0. The summed E-state index contributed by atoms with van der Waals surface area (Å²) in [6.07, 6.45) is 1.55. The van der Waals surface area contributed by atoms with Gasteiger partial charge in [-0.3, -0.25) is 9.59 Å². The lowest BCUT2D eigenvalue weighted by atomic mass is 9.60. The van der Waals surface area contributed by atoms with Gasteiger partial charge in [0.25, 0.3) is 11.8 Å². The van der Waals surface area contributed by atoms with Gasteiger partial charge in [-0.15, -0.1) is 0 Å². The maximum absolute atomic E-state index is 13.5. The number of amides is 2. The van der Waals surface area contributed by atoms with Crippen LogP contribution in [0.25, 0.3) is 0 Å². The van der Waals surface area contributed by atoms with Crippen LogP contribution in [0.4, 0.5) is 8.78 Å². The zero-order valence-electron chi connectivity index (χ0n) is 18.3. The Morgan fingerprint density at radius 2 is 1.53 bits per heavy atom. The fraction of sp³-hybridized carbons (Fsp3) is 0.417. The number of ether oxygens (including phenoxy) is 2. The number of hydrogen-bond acceptors (Lipinski definition) is 5. The Labute approximate surface area is 200 Å². The highest BCUT2D eigenvalue weighted by atomic mass is 35.5. The average molecular weight is 495 g/mol. The Kier molecular flexibility index (Phi) is 6.95. The fourth-order valence-electron chi connectivity index (χ4n) is 4.70. The number of nitrogens with one attached hydrogen (secondary N) is 2. The molecule has 5 rings (SSSR count). The van der Waals surface area contributed by atoms with Gasteiger partial charge in [-0.05, 0) is 68.5 Å². The van der Waals surface area contributed by atoms with Gasteiger partial charge in [-0.1, -0.05) is 11.6 Å². The van der Waals surface area contributed by atoms with E-state index in [2.05, 4.69) is 10.6 Å². The molecule has 3 saturated carbocycles. The maximum Gasteiger partial charge on any atom is 0.258 e. The van der Waals surface area contributed by atoms with Crippen molar-refractivity contribution >= 4 is 23.4 Å². The first-order valence-corrected chi connectivity index (χ1v) is 11.3. The van der Waals surface area contributed by atoms with Crippen molar-refractivity contribution in [1.29, 1.82) is 0 Å². The molecule has 0 unspecified atom stereocenters. The van der Waals surface area contributed by atoms with E-state index in [9.17, 15) is 23.5 Å². The summed E-state index contributed by atoms with van der Waals surface area (Å²) >= 11 is 5.64. The van der Waals surface area contributed by atoms with E-state index in [1.54, 1.807) is 0 Å². The SMILES string of the molecule is O=C(COc1ccc(Cl)c(F)c1)NC12CCC(NC(=O)COc3ccc(F)cc3)(CC1)[C@H](O)C2. The van der Waals surface area contributed by atoms with Crippen molar-refractivity contribution in [2.75, 3.05) is 13.2 Å². The molecule has 2 aromatic carbocycles. The van der Waals surface area contributed by atoms with Gasteiger partial charge in [-0.25, -0.2) is 8.78 Å². The summed E-state index contributed by atoms with van der Waals surface area (Å²) < 4.78 is 37.2. The molecule has 10 heteroatoms. The summed E-state index contributed by atoms with van der Waals surface area (Å²) in [5.41, 5.74) is -1.38. The van der Waals surface area contributed by atoms with Crippen molar-refractivity contribution in [3.63, 3.8) is 0 Å². The van der Waals surface area contributed by atoms with Crippen molar-refractivity contribution in [3.8, 4) is 11.5 Å². The van der Waals surface area contributed by atoms with Gasteiger partial charge in [0.2, 0.25) is 0 Å². The first-order chi connectivity index (χ1) is 16.2. The van der Waals surface area contributed by atoms with Crippen LogP contribution >= 0.6 is 11.6 Å². The molecular formula is C24H25ClF2N2O5. The summed E-state index contributed by atoms with van der Waals surface area (Å²) in [5.74, 6) is -1.25. The lowest BCUT2D eigenvalue weighted by molar-refractivity contribution is -0.137. The number of carbonyl (C=O) groups excluding carboxylic acids is 2. The van der Waals surface area contributed by atoms with Crippen LogP contribution in [0.1, 0.15) is 32.1 Å². The molecule has 0 spiro atoms. The molecule has 0 radical (unpaired) electrons. The van der Waals surface area contributed by atoms with Gasteiger partial charge in [0, 0.05) is 11.6 Å². The summed E-state index contributed by atoms with van der Waals surface area (Å²) in [6.45, 7) is -0.563. The predicted octanol–water partition coefficient (Wildman–Crippen LogP) is 3.12. The van der Waals surface area contributed by atoms with Crippen LogP contribution in [0.15, 0.2) is 42.5 Å². The second kappa shape index (κ2) is 9.76. The monoisotopic (exact) mass is 494 g/mol. The molecule has 0 heterocycles. The number of hydrogen-bond donors (Lipinski definition) is 3. The molecule has 3 aliphatic rings. The van der Waals surface area contributed by atoms with Crippen molar-refractivity contribution in [2.24, 2.45) is 0 Å². The molecule has 2 bridgehead atoms. The van der Waals surface area contributed by atoms with Crippen molar-refractivity contribution in [1.82, 2.24) is 10.6 Å². The van der Waals surface area contributed by atoms with E-state index in [-0.39, 0.29) is 42.2 Å². The molecule has 0 aliphatic heterocycles. The van der Waals surface area contributed by atoms with E-state index in [0.717, 1.165) is 6.07 Å². The van der Waals surface area contributed by atoms with Crippen LogP contribution in [-0.2, 0) is 9.59 Å². The highest BCUT2D eigenvalue weighted by Crippen LogP contribution is 2.47. The van der Waals surface area contributed by atoms with Gasteiger partial charge >= 0.3 is 0 Å². The van der Waals surface area contributed by atoms with Gasteiger partial charge in [-0.2, -0.15) is 0 Å². The predicted molar refractivity (Wildman–Crippen MR) is 120 cm³/mol. The molecule has 34 heavy (non-hydrogen) atoms. The summed E-state index contributed by atoms with van der Waals surface area (Å²) in [4.78, 5) is 24.9. The van der Waals surface area contributed by atoms with E-state index in [1.165, 1.54) is 36.4 Å². The lowest BCUT2D eigenvalue weighted by Gasteiger charge is -2.56. The molecule has 3 fully saturated rings. The third-order valence-electron chi connectivity index (χ3n) is 6.56. The van der Waals surface area contributed by atoms with Crippen LogP contribution in [0, 0.1) is 11.6 Å². The van der Waals surface area contributed by atoms with Gasteiger partial charge in [0.15, 0.2) is 13.2 Å². The number of benzene rings is 2. The standard InChI is InChI=1S/C24H25ClF2N2O5/c25-18-6-5-17(11-19(18)27)34-13-21(31)28-23-7-9-24(10-8-23,20(30)12-23)29-22(32)14-33-16-3-1-15(26)2-4-16/h1-6,11,20,30H,7-10,12-14H2,(H,28,31)(H,29,32)/t20-,23?,24?/m1/s1. The molecule has 0 saturated heterocycles. The third kappa shape index (κ3) is 5.42. The van der Waals surface area contributed by atoms with E-state index in [4.69, 9.17) is 21.1 Å². The molecule has 2 amide bonds. The van der Waals surface area contributed by atoms with Crippen molar-refractivity contribution < 1.29 is 33.0 Å². The van der Waals surface area contributed by atoms with E-state index in [0.29, 0.717) is 31.4 Å². The second-order valence-corrected chi connectivity index (χ2v) is 9.27. The quantitative estimate of drug-likeness (QED) is 0.524. The zero-order valence-corrected chi connectivity index (χ0v) is 19.0. The van der Waals surface area contributed by atoms with E-state index in [1.807, 2.05) is 0 Å². The minimum Gasteiger partial charge on any atom is -0.484 e. The third-order valence-corrected chi connectivity index (χ3v) is 6.87. The number of aliphatic hydroxyl groups excluding tert-OH is 1. The molecule has 182 valence electrons. The second-order valence-electron chi connectivity index (χ2n) is 8.86. The Morgan fingerprint density at radius 1 is 0.941 bits per heavy atom. The number of aliphatic hydroxyl groups is 1. The van der Waals surface area contributed by atoms with Crippen LogP contribution in [0.3, 0.4) is 0 Å². The molecule has 3 N–H and O–H groups in total. The highest BCUT2D eigenvalue weighted by molar-refractivity contribution is 6.30. The molecular weight excluding hydrogens is 470 g/mol. The molecule has 7 nitrogen and oxygen atoms in total.